The minimum absolute atomic E-state index is 0.0272. The van der Waals surface area contributed by atoms with Crippen molar-refractivity contribution in [3.63, 3.8) is 0 Å². The lowest BCUT2D eigenvalue weighted by Gasteiger charge is -2.36. The van der Waals surface area contributed by atoms with E-state index in [4.69, 9.17) is 18.6 Å². The van der Waals surface area contributed by atoms with Crippen LogP contribution in [0.15, 0.2) is 0 Å². The van der Waals surface area contributed by atoms with E-state index in [9.17, 15) is 0 Å². The van der Waals surface area contributed by atoms with Crippen LogP contribution in [0.4, 0.5) is 0 Å². The molecule has 1 saturated carbocycles. The second-order valence-corrected chi connectivity index (χ2v) is 9.93. The van der Waals surface area contributed by atoms with Crippen LogP contribution in [0.1, 0.15) is 74.1 Å². The number of fused-ring (bicyclic) bond motifs is 1. The van der Waals surface area contributed by atoms with Gasteiger partial charge in [0, 0.05) is 5.31 Å². The Morgan fingerprint density at radius 1 is 0.792 bits per heavy atom. The molecule has 1 aliphatic carbocycles. The number of rotatable bonds is 3. The summed E-state index contributed by atoms with van der Waals surface area (Å²) in [6.07, 6.45) is 5.44. The normalized spacial score (nSPS) is 37.9. The second kappa shape index (κ2) is 6.61. The summed E-state index contributed by atoms with van der Waals surface area (Å²) in [4.78, 5) is 0. The van der Waals surface area contributed by atoms with Gasteiger partial charge in [-0.15, -0.1) is 0 Å². The predicted molar refractivity (Wildman–Crippen MR) is 98.1 cm³/mol. The summed E-state index contributed by atoms with van der Waals surface area (Å²) >= 11 is 0. The van der Waals surface area contributed by atoms with Crippen molar-refractivity contribution in [2.45, 2.75) is 109 Å². The van der Waals surface area contributed by atoms with Gasteiger partial charge in [0.15, 0.2) is 0 Å². The van der Waals surface area contributed by atoms with E-state index in [1.165, 1.54) is 6.42 Å². The van der Waals surface area contributed by atoms with Crippen molar-refractivity contribution in [1.29, 1.82) is 0 Å². The van der Waals surface area contributed by atoms with Gasteiger partial charge in [-0.2, -0.15) is 0 Å². The van der Waals surface area contributed by atoms with Gasteiger partial charge in [0.05, 0.1) is 24.4 Å². The lowest BCUT2D eigenvalue weighted by molar-refractivity contribution is 0.0740. The lowest BCUT2D eigenvalue weighted by Crippen LogP contribution is -2.36. The molecular weight excluding hydrogens is 302 g/mol. The van der Waals surface area contributed by atoms with Crippen molar-refractivity contribution >= 4 is 14.2 Å². The van der Waals surface area contributed by atoms with Crippen molar-refractivity contribution in [2.24, 2.45) is 5.92 Å². The van der Waals surface area contributed by atoms with Gasteiger partial charge in [-0.05, 0) is 50.8 Å². The molecule has 1 unspecified atom stereocenters. The van der Waals surface area contributed by atoms with E-state index in [1.807, 2.05) is 0 Å². The van der Waals surface area contributed by atoms with Gasteiger partial charge in [-0.3, -0.25) is 0 Å². The van der Waals surface area contributed by atoms with Crippen LogP contribution in [0.5, 0.6) is 0 Å². The fourth-order valence-corrected chi connectivity index (χ4v) is 4.28. The number of hydrogen-bond donors (Lipinski definition) is 0. The highest BCUT2D eigenvalue weighted by molar-refractivity contribution is 6.49. The van der Waals surface area contributed by atoms with E-state index in [1.54, 1.807) is 0 Å². The van der Waals surface area contributed by atoms with Gasteiger partial charge in [0.25, 0.3) is 0 Å². The minimum Gasteiger partial charge on any atom is -0.406 e. The highest BCUT2D eigenvalue weighted by Crippen LogP contribution is 2.47. The summed E-state index contributed by atoms with van der Waals surface area (Å²) in [5, 5.41) is 0.0727. The first-order chi connectivity index (χ1) is 11.1. The molecule has 136 valence electrons. The lowest BCUT2D eigenvalue weighted by atomic mass is 9.55. The Bertz CT molecular complexity index is 441. The maximum atomic E-state index is 6.25. The average molecular weight is 336 g/mol. The average Bonchev–Trinajstić information content (AvgIpc) is 3.02. The zero-order valence-corrected chi connectivity index (χ0v) is 16.5. The third-order valence-electron chi connectivity index (χ3n) is 5.93. The van der Waals surface area contributed by atoms with E-state index in [0.717, 1.165) is 19.3 Å². The smallest absolute Gasteiger partial charge is 0.406 e. The molecule has 0 N–H and O–H groups in total. The maximum Gasteiger partial charge on any atom is 0.463 e. The molecule has 2 saturated heterocycles. The van der Waals surface area contributed by atoms with Crippen LogP contribution in [0.2, 0.25) is 10.6 Å². The van der Waals surface area contributed by atoms with Gasteiger partial charge < -0.3 is 18.6 Å². The van der Waals surface area contributed by atoms with Gasteiger partial charge in [-0.25, -0.2) is 0 Å². The summed E-state index contributed by atoms with van der Waals surface area (Å²) < 4.78 is 24.5. The predicted octanol–water partition coefficient (Wildman–Crippen LogP) is 4.34. The van der Waals surface area contributed by atoms with Crippen molar-refractivity contribution in [3.05, 3.63) is 0 Å². The third-order valence-corrected chi connectivity index (χ3v) is 5.93. The van der Waals surface area contributed by atoms with E-state index in [-0.39, 0.29) is 49.3 Å². The maximum absolute atomic E-state index is 6.25. The van der Waals surface area contributed by atoms with Crippen LogP contribution in [-0.4, -0.2) is 38.7 Å². The highest BCUT2D eigenvalue weighted by atomic mass is 16.7. The SMILES string of the molecule is C[C@@H]1OB(C(C)(C)CC2CC[C@@H]3OB(C(C)(C)C)O[C@@H]3C2)O[C@H]1C. The molecule has 0 radical (unpaired) electrons. The summed E-state index contributed by atoms with van der Waals surface area (Å²) in [5.74, 6) is 0.655. The molecule has 6 heteroatoms. The van der Waals surface area contributed by atoms with Crippen LogP contribution in [0, 0.1) is 5.92 Å². The van der Waals surface area contributed by atoms with E-state index in [2.05, 4.69) is 48.5 Å². The van der Waals surface area contributed by atoms with Crippen LogP contribution < -0.4 is 0 Å². The van der Waals surface area contributed by atoms with E-state index < -0.39 is 0 Å². The zero-order chi connectivity index (χ0) is 17.7. The summed E-state index contributed by atoms with van der Waals surface area (Å²) in [6.45, 7) is 15.3. The second-order valence-electron chi connectivity index (χ2n) is 9.93. The fourth-order valence-electron chi connectivity index (χ4n) is 4.28. The molecule has 0 aromatic heterocycles. The molecule has 24 heavy (non-hydrogen) atoms. The van der Waals surface area contributed by atoms with Gasteiger partial charge in [-0.1, -0.05) is 34.6 Å². The topological polar surface area (TPSA) is 36.9 Å². The van der Waals surface area contributed by atoms with Crippen molar-refractivity contribution in [1.82, 2.24) is 0 Å². The Balaban J connectivity index is 1.56. The molecular formula is C18H34B2O4. The quantitative estimate of drug-likeness (QED) is 0.719. The third kappa shape index (κ3) is 3.87. The molecule has 0 amide bonds. The Morgan fingerprint density at radius 2 is 1.38 bits per heavy atom. The summed E-state index contributed by atoms with van der Waals surface area (Å²) in [6, 6.07) is 0. The van der Waals surface area contributed by atoms with Gasteiger partial charge in [0.1, 0.15) is 0 Å². The standard InChI is InChI=1S/C18H34B2O4/c1-12-13(2)22-20(21-12)18(6,7)11-14-8-9-15-16(10-14)24-19(23-15)17(3,4)5/h12-16H,8-11H2,1-7H3/t12-,13-,14?,15-,16+/m0/s1. The van der Waals surface area contributed by atoms with Crippen LogP contribution in [0.25, 0.3) is 0 Å². The first-order valence-electron chi connectivity index (χ1n) is 9.68. The Labute approximate surface area is 148 Å². The Morgan fingerprint density at radius 3 is 1.96 bits per heavy atom. The molecule has 2 aliphatic heterocycles. The van der Waals surface area contributed by atoms with Crippen molar-refractivity contribution in [3.8, 4) is 0 Å². The highest BCUT2D eigenvalue weighted by Gasteiger charge is 2.51. The molecule has 0 aromatic carbocycles. The molecule has 0 aromatic rings. The van der Waals surface area contributed by atoms with E-state index >= 15 is 0 Å². The molecule has 3 aliphatic rings. The first kappa shape index (κ1) is 18.8. The van der Waals surface area contributed by atoms with Gasteiger partial charge >= 0.3 is 14.2 Å². The number of hydrogen-bond acceptors (Lipinski definition) is 4. The first-order valence-corrected chi connectivity index (χ1v) is 9.68. The minimum atomic E-state index is -0.0942. The molecule has 3 fully saturated rings. The summed E-state index contributed by atoms with van der Waals surface area (Å²) in [5.41, 5.74) is 0. The largest absolute Gasteiger partial charge is 0.463 e. The van der Waals surface area contributed by atoms with E-state index in [0.29, 0.717) is 5.92 Å². The Kier molecular flexibility index (Phi) is 5.16. The molecule has 5 atom stereocenters. The molecule has 4 nitrogen and oxygen atoms in total. The van der Waals surface area contributed by atoms with Crippen molar-refractivity contribution in [2.75, 3.05) is 0 Å². The van der Waals surface area contributed by atoms with Crippen molar-refractivity contribution < 1.29 is 18.6 Å². The molecule has 0 bridgehead atoms. The van der Waals surface area contributed by atoms with Crippen LogP contribution in [0.3, 0.4) is 0 Å². The Hall–Kier alpha value is -0.0301. The monoisotopic (exact) mass is 336 g/mol. The molecule has 0 spiro atoms. The zero-order valence-electron chi connectivity index (χ0n) is 16.5. The molecule has 2 heterocycles. The summed E-state index contributed by atoms with van der Waals surface area (Å²) in [7, 11) is -0.161. The molecule has 3 rings (SSSR count). The van der Waals surface area contributed by atoms with Crippen LogP contribution in [-0.2, 0) is 18.6 Å². The van der Waals surface area contributed by atoms with Crippen LogP contribution >= 0.6 is 0 Å². The van der Waals surface area contributed by atoms with Gasteiger partial charge in [0.2, 0.25) is 0 Å². The fraction of sp³-hybridized carbons (Fsp3) is 1.00.